The number of ketones is 3. The number of aliphatic carboxylic acids is 3. The zero-order chi connectivity index (χ0) is 15.5. The average Bonchev–Trinajstić information content (AvgIpc) is 2.18. The summed E-state index contributed by atoms with van der Waals surface area (Å²) in [6.45, 7) is 2.82. The maximum absolute atomic E-state index is 9.48. The monoisotopic (exact) mass is 470 g/mol. The second kappa shape index (κ2) is 14.4. The molecule has 10 heteroatoms. The minimum atomic E-state index is -1.63. The van der Waals surface area contributed by atoms with Crippen molar-refractivity contribution in [2.24, 2.45) is 0 Å². The molecule has 0 saturated heterocycles. The number of Topliss-reactive ketones (excluding diaryl/α,β-unsaturated/α-hetero) is 3. The molecule has 0 aromatic rings. The summed E-state index contributed by atoms with van der Waals surface area (Å²) in [7, 11) is 0. The molecular weight excluding hydrogens is 461 g/mol. The van der Waals surface area contributed by atoms with Crippen LogP contribution in [0.3, 0.4) is 0 Å². The van der Waals surface area contributed by atoms with Gasteiger partial charge in [-0.25, -0.2) is 0 Å². The first kappa shape index (κ1) is 26.0. The van der Waals surface area contributed by atoms with Gasteiger partial charge >= 0.3 is 26.2 Å². The van der Waals surface area contributed by atoms with Crippen LogP contribution in [-0.4, -0.2) is 61.5 Å². The minimum Gasteiger partial charge on any atom is -0.542 e. The van der Waals surface area contributed by atoms with E-state index in [0.717, 1.165) is 20.8 Å². The van der Waals surface area contributed by atoms with Gasteiger partial charge in [0.2, 0.25) is 0 Å². The van der Waals surface area contributed by atoms with Crippen molar-refractivity contribution in [3.8, 4) is 0 Å². The van der Waals surface area contributed by atoms with Gasteiger partial charge in [-0.1, -0.05) is 0 Å². The van der Waals surface area contributed by atoms with E-state index < -0.39 is 35.3 Å². The van der Waals surface area contributed by atoms with Crippen LogP contribution in [0.1, 0.15) is 20.8 Å². The number of carbonyl (C=O) groups excluding carboxylic acids is 6. The first-order valence-electron chi connectivity index (χ1n) is 4.09. The summed E-state index contributed by atoms with van der Waals surface area (Å²) in [5, 5.41) is 27.7. The molecule has 0 unspecified atom stereocenters. The fourth-order valence-corrected chi connectivity index (χ4v) is 0. The third-order valence-corrected chi connectivity index (χ3v) is 0.862. The van der Waals surface area contributed by atoms with E-state index in [2.05, 4.69) is 0 Å². The average molecular weight is 470 g/mol. The Morgan fingerprint density at radius 3 is 0.579 bits per heavy atom. The van der Waals surface area contributed by atoms with Gasteiger partial charge in [0.1, 0.15) is 17.9 Å². The van der Waals surface area contributed by atoms with Crippen LogP contribution in [0.4, 0.5) is 0 Å². The fraction of sp³-hybridized carbons (Fsp3) is 0.333. The summed E-state index contributed by atoms with van der Waals surface area (Å²) in [5.41, 5.74) is 0. The molecular formula is C9H9BiO9. The molecule has 0 bridgehead atoms. The molecule has 0 amide bonds. The van der Waals surface area contributed by atoms with Gasteiger partial charge < -0.3 is 29.7 Å². The van der Waals surface area contributed by atoms with E-state index in [1.807, 2.05) is 0 Å². The van der Waals surface area contributed by atoms with Crippen LogP contribution in [0.25, 0.3) is 0 Å². The Morgan fingerprint density at radius 1 is 0.526 bits per heavy atom. The van der Waals surface area contributed by atoms with E-state index in [1.54, 1.807) is 0 Å². The molecule has 0 atom stereocenters. The summed E-state index contributed by atoms with van der Waals surface area (Å²) in [6.07, 6.45) is 0. The zero-order valence-electron chi connectivity index (χ0n) is 10.1. The third kappa shape index (κ3) is 31.4. The Hall–Kier alpha value is -1.70. The van der Waals surface area contributed by atoms with Gasteiger partial charge in [0.05, 0.1) is 0 Å². The number of hydrogen-bond donors (Lipinski definition) is 0. The summed E-state index contributed by atoms with van der Waals surface area (Å²) in [5.74, 6) is -7.69. The summed E-state index contributed by atoms with van der Waals surface area (Å²) in [6, 6.07) is 0. The second-order valence-electron chi connectivity index (χ2n) is 2.53. The smallest absolute Gasteiger partial charge is 0.542 e. The molecule has 0 spiro atoms. The van der Waals surface area contributed by atoms with Gasteiger partial charge in [0.25, 0.3) is 0 Å². The van der Waals surface area contributed by atoms with Crippen molar-refractivity contribution in [3.63, 3.8) is 0 Å². The standard InChI is InChI=1S/3C3H4O3.Bi/c3*1-2(4)3(5)6;/h3*1H3,(H,5,6);/q;;;+3/p-3. The van der Waals surface area contributed by atoms with Crippen molar-refractivity contribution in [1.29, 1.82) is 0 Å². The molecule has 0 aliphatic rings. The summed E-state index contributed by atoms with van der Waals surface area (Å²) >= 11 is 0. The van der Waals surface area contributed by atoms with Crippen LogP contribution in [0.5, 0.6) is 0 Å². The largest absolute Gasteiger partial charge is 3.00 e. The number of hydrogen-bond acceptors (Lipinski definition) is 9. The topological polar surface area (TPSA) is 172 Å². The van der Waals surface area contributed by atoms with Gasteiger partial charge in [-0.05, 0) is 0 Å². The third-order valence-electron chi connectivity index (χ3n) is 0.862. The Bertz CT molecular complexity index is 279. The van der Waals surface area contributed by atoms with Crippen molar-refractivity contribution >= 4 is 61.5 Å². The Morgan fingerprint density at radius 2 is 0.579 bits per heavy atom. The molecule has 0 heterocycles. The maximum Gasteiger partial charge on any atom is 3.00 e. The number of carboxylic acid groups (broad SMARTS) is 3. The van der Waals surface area contributed by atoms with Crippen molar-refractivity contribution in [2.75, 3.05) is 0 Å². The Labute approximate surface area is 126 Å². The molecule has 0 N–H and O–H groups in total. The molecule has 0 fully saturated rings. The van der Waals surface area contributed by atoms with Crippen LogP contribution in [0.2, 0.25) is 0 Å². The first-order chi connectivity index (χ1) is 7.93. The molecule has 9 nitrogen and oxygen atoms in total. The van der Waals surface area contributed by atoms with Gasteiger partial charge in [-0.2, -0.15) is 0 Å². The second-order valence-corrected chi connectivity index (χ2v) is 2.53. The SMILES string of the molecule is CC(=O)C(=O)[O-].CC(=O)C(=O)[O-].CC(=O)C(=O)[O-].[Bi+3]. The maximum atomic E-state index is 9.48. The number of carboxylic acids is 3. The van der Waals surface area contributed by atoms with E-state index in [1.165, 1.54) is 0 Å². The van der Waals surface area contributed by atoms with Crippen LogP contribution in [0, 0.1) is 0 Å². The molecule has 0 rings (SSSR count). The van der Waals surface area contributed by atoms with E-state index in [-0.39, 0.29) is 26.2 Å². The van der Waals surface area contributed by atoms with Crippen molar-refractivity contribution in [2.45, 2.75) is 20.8 Å². The van der Waals surface area contributed by atoms with Crippen molar-refractivity contribution in [3.05, 3.63) is 0 Å². The summed E-state index contributed by atoms with van der Waals surface area (Å²) in [4.78, 5) is 56.2. The van der Waals surface area contributed by atoms with E-state index in [0.29, 0.717) is 0 Å². The van der Waals surface area contributed by atoms with Crippen LogP contribution < -0.4 is 15.3 Å². The molecule has 19 heavy (non-hydrogen) atoms. The molecule has 0 aromatic carbocycles. The minimum absolute atomic E-state index is 0. The van der Waals surface area contributed by atoms with Crippen LogP contribution in [-0.2, 0) is 28.8 Å². The predicted molar refractivity (Wildman–Crippen MR) is 52.8 cm³/mol. The summed E-state index contributed by atoms with van der Waals surface area (Å²) < 4.78 is 0. The fourth-order valence-electron chi connectivity index (χ4n) is 0. The molecule has 104 valence electrons. The quantitative estimate of drug-likeness (QED) is 0.288. The van der Waals surface area contributed by atoms with Crippen molar-refractivity contribution < 1.29 is 44.1 Å². The number of carbonyl (C=O) groups is 6. The zero-order valence-corrected chi connectivity index (χ0v) is 13.6. The normalized spacial score (nSPS) is 7.11. The first-order valence-corrected chi connectivity index (χ1v) is 4.09. The molecule has 0 aliphatic carbocycles. The van der Waals surface area contributed by atoms with Crippen LogP contribution >= 0.6 is 0 Å². The predicted octanol–water partition coefficient (Wildman–Crippen LogP) is -5.40. The van der Waals surface area contributed by atoms with Crippen molar-refractivity contribution in [1.82, 2.24) is 0 Å². The Balaban J connectivity index is -0.0000000865. The van der Waals surface area contributed by atoms with Gasteiger partial charge in [0, 0.05) is 20.8 Å². The van der Waals surface area contributed by atoms with Gasteiger partial charge in [0.15, 0.2) is 17.3 Å². The van der Waals surface area contributed by atoms with E-state index in [9.17, 15) is 44.1 Å². The number of rotatable bonds is 3. The van der Waals surface area contributed by atoms with Gasteiger partial charge in [-0.15, -0.1) is 0 Å². The Kier molecular flexibility index (Phi) is 19.6. The molecule has 0 aliphatic heterocycles. The molecule has 0 saturated carbocycles. The molecule has 0 aromatic heterocycles. The van der Waals surface area contributed by atoms with Gasteiger partial charge in [-0.3, -0.25) is 14.4 Å². The van der Waals surface area contributed by atoms with E-state index >= 15 is 0 Å². The van der Waals surface area contributed by atoms with Crippen LogP contribution in [0.15, 0.2) is 0 Å². The molecule has 2 radical (unpaired) electrons. The van der Waals surface area contributed by atoms with E-state index in [4.69, 9.17) is 0 Å².